The Labute approximate surface area is 53.9 Å². The number of rotatable bonds is 0. The summed E-state index contributed by atoms with van der Waals surface area (Å²) < 4.78 is 34.7. The first-order valence-electron chi connectivity index (χ1n) is 2.05. The van der Waals surface area contributed by atoms with Crippen molar-refractivity contribution in [3.05, 3.63) is 22.4 Å². The van der Waals surface area contributed by atoms with E-state index in [1.807, 2.05) is 6.07 Å². The van der Waals surface area contributed by atoms with Gasteiger partial charge in [0.25, 0.3) is 0 Å². The van der Waals surface area contributed by atoms with Crippen LogP contribution in [-0.2, 0) is 6.18 Å². The first kappa shape index (κ1) is 6.61. The summed E-state index contributed by atoms with van der Waals surface area (Å²) in [6.07, 6.45) is -4.25. The van der Waals surface area contributed by atoms with Crippen LogP contribution >= 0.6 is 11.3 Å². The van der Waals surface area contributed by atoms with Crippen molar-refractivity contribution in [2.24, 2.45) is 0 Å². The zero-order valence-corrected chi connectivity index (χ0v) is 4.94. The summed E-state index contributed by atoms with van der Waals surface area (Å²) >= 11 is 0.524. The fourth-order valence-electron chi connectivity index (χ4n) is 0.353. The molecule has 2 radical (unpaired) electrons. The van der Waals surface area contributed by atoms with Gasteiger partial charge < -0.3 is 0 Å². The lowest BCUT2D eigenvalue weighted by atomic mass is 10.5. The quantitative estimate of drug-likeness (QED) is 0.532. The molecule has 0 aliphatic carbocycles. The molecule has 0 unspecified atom stereocenters. The fraction of sp³-hybridized carbons (Fsp3) is 0.200. The Morgan fingerprint density at radius 1 is 1.44 bits per heavy atom. The zero-order chi connectivity index (χ0) is 6.91. The molecule has 0 aliphatic heterocycles. The topological polar surface area (TPSA) is 0 Å². The number of hydrogen-bond acceptors (Lipinski definition) is 1. The molecule has 4 heteroatoms. The average molecular weight is 150 g/mol. The van der Waals surface area contributed by atoms with E-state index < -0.39 is 11.1 Å². The van der Waals surface area contributed by atoms with Gasteiger partial charge in [-0.1, -0.05) is 0 Å². The lowest BCUT2D eigenvalue weighted by Crippen LogP contribution is -2.00. The van der Waals surface area contributed by atoms with Gasteiger partial charge in [-0.3, -0.25) is 0 Å². The molecule has 0 fully saturated rings. The summed E-state index contributed by atoms with van der Waals surface area (Å²) in [7, 11) is 0. The molecule has 0 spiro atoms. The number of alkyl halides is 3. The van der Waals surface area contributed by atoms with Gasteiger partial charge in [-0.25, -0.2) is 0 Å². The second kappa shape index (κ2) is 2.02. The van der Waals surface area contributed by atoms with Crippen LogP contribution in [0.2, 0.25) is 0 Å². The molecule has 0 nitrogen and oxygen atoms in total. The van der Waals surface area contributed by atoms with E-state index in [-0.39, 0.29) is 0 Å². The van der Waals surface area contributed by atoms with Gasteiger partial charge in [0.15, 0.2) is 0 Å². The summed E-state index contributed by atoms with van der Waals surface area (Å²) in [5.74, 6) is 0. The standard InChI is InChI=1S/C5HF3S/c6-5(7,8)4-2-1-3-9-4/h1H. The zero-order valence-electron chi connectivity index (χ0n) is 4.12. The lowest BCUT2D eigenvalue weighted by Gasteiger charge is -1.98. The molecular weight excluding hydrogens is 149 g/mol. The van der Waals surface area contributed by atoms with E-state index in [4.69, 9.17) is 0 Å². The third-order valence-corrected chi connectivity index (χ3v) is 1.47. The molecule has 9 heavy (non-hydrogen) atoms. The van der Waals surface area contributed by atoms with Crippen LogP contribution in [0.25, 0.3) is 0 Å². The lowest BCUT2D eigenvalue weighted by molar-refractivity contribution is -0.134. The van der Waals surface area contributed by atoms with Gasteiger partial charge in [-0.15, -0.1) is 11.3 Å². The van der Waals surface area contributed by atoms with Gasteiger partial charge in [0.2, 0.25) is 0 Å². The summed E-state index contributed by atoms with van der Waals surface area (Å²) in [4.78, 5) is -0.720. The molecule has 0 saturated carbocycles. The van der Waals surface area contributed by atoms with Crippen LogP contribution < -0.4 is 0 Å². The average Bonchev–Trinajstić information content (AvgIpc) is 2.08. The Morgan fingerprint density at radius 3 is 2.33 bits per heavy atom. The minimum absolute atomic E-state index is 0.524. The highest BCUT2D eigenvalue weighted by Gasteiger charge is 2.31. The molecule has 1 heterocycles. The fourth-order valence-corrected chi connectivity index (χ4v) is 0.822. The van der Waals surface area contributed by atoms with Crippen LogP contribution in [0.5, 0.6) is 0 Å². The molecule has 1 aromatic rings. The highest BCUT2D eigenvalue weighted by molar-refractivity contribution is 7.09. The maximum atomic E-state index is 11.6. The molecule has 0 aromatic carbocycles. The van der Waals surface area contributed by atoms with Gasteiger partial charge in [0.1, 0.15) is 4.88 Å². The van der Waals surface area contributed by atoms with Gasteiger partial charge in [0, 0.05) is 11.4 Å². The third kappa shape index (κ3) is 1.45. The Morgan fingerprint density at radius 2 is 2.11 bits per heavy atom. The van der Waals surface area contributed by atoms with Crippen LogP contribution in [0.1, 0.15) is 4.88 Å². The Bertz CT molecular complexity index is 175. The van der Waals surface area contributed by atoms with Crippen molar-refractivity contribution in [1.29, 1.82) is 0 Å². The molecule has 0 aliphatic rings. The summed E-state index contributed by atoms with van der Waals surface area (Å²) in [6, 6.07) is 3.15. The molecule has 0 bridgehead atoms. The summed E-state index contributed by atoms with van der Waals surface area (Å²) in [6.45, 7) is 0. The van der Waals surface area contributed by atoms with E-state index in [9.17, 15) is 13.2 Å². The van der Waals surface area contributed by atoms with Crippen molar-refractivity contribution in [3.63, 3.8) is 0 Å². The normalized spacial score (nSPS) is 11.9. The summed E-state index contributed by atoms with van der Waals surface area (Å²) in [5, 5.41) is 2.30. The van der Waals surface area contributed by atoms with Crippen LogP contribution in [0.4, 0.5) is 13.2 Å². The molecule has 1 rings (SSSR count). The highest BCUT2D eigenvalue weighted by Crippen LogP contribution is 2.31. The van der Waals surface area contributed by atoms with Gasteiger partial charge in [-0.05, 0) is 6.07 Å². The van der Waals surface area contributed by atoms with Crippen LogP contribution in [0.15, 0.2) is 6.07 Å². The maximum absolute atomic E-state index is 11.6. The van der Waals surface area contributed by atoms with Crippen LogP contribution in [-0.4, -0.2) is 0 Å². The van der Waals surface area contributed by atoms with E-state index in [0.717, 1.165) is 6.07 Å². The van der Waals surface area contributed by atoms with E-state index >= 15 is 0 Å². The molecular formula is C5HF3S. The Hall–Kier alpha value is -0.510. The first-order valence-corrected chi connectivity index (χ1v) is 2.87. The first-order chi connectivity index (χ1) is 4.11. The third-order valence-electron chi connectivity index (χ3n) is 0.681. The minimum atomic E-state index is -4.25. The van der Waals surface area contributed by atoms with E-state index in [2.05, 4.69) is 5.38 Å². The monoisotopic (exact) mass is 150 g/mol. The highest BCUT2D eigenvalue weighted by atomic mass is 32.1. The van der Waals surface area contributed by atoms with Crippen molar-refractivity contribution >= 4 is 11.3 Å². The smallest absolute Gasteiger partial charge is 0.165 e. The molecule has 0 saturated heterocycles. The second-order valence-corrected chi connectivity index (χ2v) is 2.18. The van der Waals surface area contributed by atoms with Crippen LogP contribution in [0, 0.1) is 11.4 Å². The molecule has 0 atom stereocenters. The number of halogens is 3. The van der Waals surface area contributed by atoms with Gasteiger partial charge in [-0.2, -0.15) is 13.2 Å². The van der Waals surface area contributed by atoms with Crippen molar-refractivity contribution in [2.45, 2.75) is 6.18 Å². The van der Waals surface area contributed by atoms with E-state index in [1.54, 1.807) is 0 Å². The van der Waals surface area contributed by atoms with E-state index in [1.165, 1.54) is 0 Å². The minimum Gasteiger partial charge on any atom is -0.165 e. The van der Waals surface area contributed by atoms with Gasteiger partial charge >= 0.3 is 6.18 Å². The SMILES string of the molecule is FC(F)(F)c1[c]c[c]s1. The number of thiophene rings is 1. The van der Waals surface area contributed by atoms with Crippen molar-refractivity contribution < 1.29 is 13.2 Å². The van der Waals surface area contributed by atoms with Crippen molar-refractivity contribution in [2.75, 3.05) is 0 Å². The molecule has 0 N–H and O–H groups in total. The van der Waals surface area contributed by atoms with Gasteiger partial charge in [0.05, 0.1) is 0 Å². The Balaban J connectivity index is 2.90. The van der Waals surface area contributed by atoms with Crippen molar-refractivity contribution in [1.82, 2.24) is 0 Å². The molecule has 0 amide bonds. The molecule has 1 aromatic heterocycles. The second-order valence-electron chi connectivity index (χ2n) is 1.34. The van der Waals surface area contributed by atoms with Crippen molar-refractivity contribution in [3.8, 4) is 0 Å². The molecule has 48 valence electrons. The predicted octanol–water partition coefficient (Wildman–Crippen LogP) is 2.37. The van der Waals surface area contributed by atoms with E-state index in [0.29, 0.717) is 11.3 Å². The summed E-state index contributed by atoms with van der Waals surface area (Å²) in [5.41, 5.74) is 0. The maximum Gasteiger partial charge on any atom is 0.426 e. The number of hydrogen-bond donors (Lipinski definition) is 0. The Kier molecular flexibility index (Phi) is 1.48. The van der Waals surface area contributed by atoms with Crippen LogP contribution in [0.3, 0.4) is 0 Å². The largest absolute Gasteiger partial charge is 0.426 e. The predicted molar refractivity (Wildman–Crippen MR) is 27.0 cm³/mol.